The number of nitrogens with one attached hydrogen (secondary N) is 1. The van der Waals surface area contributed by atoms with Gasteiger partial charge in [0.2, 0.25) is 5.91 Å². The monoisotopic (exact) mass is 358 g/mol. The van der Waals surface area contributed by atoms with Crippen molar-refractivity contribution in [3.63, 3.8) is 0 Å². The van der Waals surface area contributed by atoms with Crippen LogP contribution < -0.4 is 10.2 Å². The predicted molar refractivity (Wildman–Crippen MR) is 102 cm³/mol. The van der Waals surface area contributed by atoms with Crippen LogP contribution in [0, 0.1) is 5.92 Å². The number of hydrogen-bond donors (Lipinski definition) is 1. The minimum absolute atomic E-state index is 0.0138. The molecule has 2 fully saturated rings. The number of piperidine rings is 1. The normalized spacial score (nSPS) is 23.2. The van der Waals surface area contributed by atoms with Gasteiger partial charge in [-0.05, 0) is 43.7 Å². The number of carbonyl (C=O) groups excluding carboxylic acids is 2. The smallest absolute Gasteiger partial charge is 0.254 e. The molecule has 6 nitrogen and oxygen atoms in total. The first kappa shape index (κ1) is 18.7. The molecule has 6 heteroatoms. The van der Waals surface area contributed by atoms with Gasteiger partial charge in [-0.15, -0.1) is 0 Å². The van der Waals surface area contributed by atoms with Crippen molar-refractivity contribution in [2.75, 3.05) is 31.1 Å². The Morgan fingerprint density at radius 3 is 2.69 bits per heavy atom. The summed E-state index contributed by atoms with van der Waals surface area (Å²) in [5, 5.41) is 3.08. The molecule has 0 unspecified atom stereocenters. The largest absolute Gasteiger partial charge is 0.354 e. The number of pyridine rings is 1. The summed E-state index contributed by atoms with van der Waals surface area (Å²) in [6.07, 6.45) is 7.29. The average molecular weight is 358 g/mol. The first-order valence-corrected chi connectivity index (χ1v) is 9.86. The molecule has 0 spiro atoms. The first-order chi connectivity index (χ1) is 12.6. The number of carbonyl (C=O) groups is 2. The van der Waals surface area contributed by atoms with Crippen LogP contribution in [0.3, 0.4) is 0 Å². The summed E-state index contributed by atoms with van der Waals surface area (Å²) in [4.78, 5) is 32.9. The van der Waals surface area contributed by atoms with Gasteiger partial charge >= 0.3 is 0 Å². The Kier molecular flexibility index (Phi) is 6.12. The van der Waals surface area contributed by atoms with Gasteiger partial charge < -0.3 is 15.1 Å². The van der Waals surface area contributed by atoms with E-state index in [1.165, 1.54) is 6.42 Å². The SMILES string of the molecule is CCC[C@H]1CN(c2cc(C(=O)N3CCCCC3)ccn2)C[C@@H]1NC(C)=O. The van der Waals surface area contributed by atoms with Crippen molar-refractivity contribution in [1.82, 2.24) is 15.2 Å². The Morgan fingerprint density at radius 1 is 1.23 bits per heavy atom. The van der Waals surface area contributed by atoms with Crippen molar-refractivity contribution < 1.29 is 9.59 Å². The maximum atomic E-state index is 12.8. The molecule has 0 aromatic carbocycles. The maximum Gasteiger partial charge on any atom is 0.254 e. The zero-order valence-electron chi connectivity index (χ0n) is 15.9. The van der Waals surface area contributed by atoms with E-state index in [1.807, 2.05) is 17.0 Å². The Labute approximate surface area is 156 Å². The molecule has 1 N–H and O–H groups in total. The van der Waals surface area contributed by atoms with Crippen LogP contribution in [0.15, 0.2) is 18.3 Å². The van der Waals surface area contributed by atoms with E-state index in [2.05, 4.69) is 22.1 Å². The van der Waals surface area contributed by atoms with E-state index in [1.54, 1.807) is 13.1 Å². The Bertz CT molecular complexity index is 642. The van der Waals surface area contributed by atoms with Gasteiger partial charge in [-0.25, -0.2) is 4.98 Å². The summed E-state index contributed by atoms with van der Waals surface area (Å²) in [5.74, 6) is 1.38. The molecule has 2 amide bonds. The highest BCUT2D eigenvalue weighted by atomic mass is 16.2. The molecule has 2 aliphatic heterocycles. The van der Waals surface area contributed by atoms with Crippen LogP contribution in [0.25, 0.3) is 0 Å². The van der Waals surface area contributed by atoms with E-state index in [0.29, 0.717) is 11.5 Å². The Balaban J connectivity index is 1.73. The van der Waals surface area contributed by atoms with E-state index < -0.39 is 0 Å². The second-order valence-electron chi connectivity index (χ2n) is 7.52. The number of nitrogens with zero attached hydrogens (tertiary/aromatic N) is 3. The third-order valence-corrected chi connectivity index (χ3v) is 5.45. The summed E-state index contributed by atoms with van der Waals surface area (Å²) >= 11 is 0. The minimum atomic E-state index is 0.0138. The highest BCUT2D eigenvalue weighted by Gasteiger charge is 2.33. The average Bonchev–Trinajstić information content (AvgIpc) is 3.04. The second-order valence-corrected chi connectivity index (χ2v) is 7.52. The molecule has 0 aliphatic carbocycles. The molecule has 142 valence electrons. The number of amides is 2. The van der Waals surface area contributed by atoms with E-state index in [9.17, 15) is 9.59 Å². The van der Waals surface area contributed by atoms with Crippen LogP contribution in [-0.2, 0) is 4.79 Å². The summed E-state index contributed by atoms with van der Waals surface area (Å²) in [5.41, 5.74) is 0.715. The zero-order valence-corrected chi connectivity index (χ0v) is 15.9. The fourth-order valence-corrected chi connectivity index (χ4v) is 4.15. The first-order valence-electron chi connectivity index (χ1n) is 9.86. The van der Waals surface area contributed by atoms with Gasteiger partial charge in [0, 0.05) is 44.9 Å². The number of anilines is 1. The summed E-state index contributed by atoms with van der Waals surface area (Å²) in [6, 6.07) is 3.87. The molecule has 2 saturated heterocycles. The maximum absolute atomic E-state index is 12.8. The third-order valence-electron chi connectivity index (χ3n) is 5.45. The van der Waals surface area contributed by atoms with Crippen molar-refractivity contribution in [2.45, 2.75) is 52.0 Å². The van der Waals surface area contributed by atoms with Crippen LogP contribution in [-0.4, -0.2) is 53.9 Å². The lowest BCUT2D eigenvalue weighted by Gasteiger charge is -2.27. The highest BCUT2D eigenvalue weighted by molar-refractivity contribution is 5.95. The second kappa shape index (κ2) is 8.52. The number of hydrogen-bond acceptors (Lipinski definition) is 4. The summed E-state index contributed by atoms with van der Waals surface area (Å²) < 4.78 is 0. The lowest BCUT2D eigenvalue weighted by Crippen LogP contribution is -2.39. The Morgan fingerprint density at radius 2 is 2.00 bits per heavy atom. The molecule has 3 rings (SSSR count). The van der Waals surface area contributed by atoms with Crippen LogP contribution in [0.5, 0.6) is 0 Å². The molecule has 3 heterocycles. The molecule has 2 aliphatic rings. The molecule has 2 atom stereocenters. The third kappa shape index (κ3) is 4.34. The van der Waals surface area contributed by atoms with Crippen molar-refractivity contribution in [2.24, 2.45) is 5.92 Å². The van der Waals surface area contributed by atoms with E-state index >= 15 is 0 Å². The molecular formula is C20H30N4O2. The number of likely N-dealkylation sites (tertiary alicyclic amines) is 1. The predicted octanol–water partition coefficient (Wildman–Crippen LogP) is 2.45. The molecule has 0 radical (unpaired) electrons. The van der Waals surface area contributed by atoms with Crippen LogP contribution >= 0.6 is 0 Å². The van der Waals surface area contributed by atoms with Gasteiger partial charge in [-0.1, -0.05) is 13.3 Å². The molecule has 26 heavy (non-hydrogen) atoms. The molecule has 0 bridgehead atoms. The van der Waals surface area contributed by atoms with Crippen LogP contribution in [0.1, 0.15) is 56.3 Å². The fourth-order valence-electron chi connectivity index (χ4n) is 4.15. The topological polar surface area (TPSA) is 65.5 Å². The van der Waals surface area contributed by atoms with Crippen molar-refractivity contribution >= 4 is 17.6 Å². The minimum Gasteiger partial charge on any atom is -0.354 e. The van der Waals surface area contributed by atoms with Gasteiger partial charge in [0.1, 0.15) is 5.82 Å². The molecule has 0 saturated carbocycles. The Hall–Kier alpha value is -2.11. The zero-order chi connectivity index (χ0) is 18.5. The van der Waals surface area contributed by atoms with Gasteiger partial charge in [-0.3, -0.25) is 9.59 Å². The molecule has 1 aromatic heterocycles. The van der Waals surface area contributed by atoms with E-state index in [-0.39, 0.29) is 17.9 Å². The van der Waals surface area contributed by atoms with Crippen molar-refractivity contribution in [3.05, 3.63) is 23.9 Å². The van der Waals surface area contributed by atoms with Crippen LogP contribution in [0.2, 0.25) is 0 Å². The molecule has 1 aromatic rings. The fraction of sp³-hybridized carbons (Fsp3) is 0.650. The van der Waals surface area contributed by atoms with Crippen LogP contribution in [0.4, 0.5) is 5.82 Å². The number of rotatable bonds is 5. The number of aromatic nitrogens is 1. The van der Waals surface area contributed by atoms with E-state index in [0.717, 1.165) is 57.7 Å². The quantitative estimate of drug-likeness (QED) is 0.878. The van der Waals surface area contributed by atoms with Crippen molar-refractivity contribution in [3.8, 4) is 0 Å². The standard InChI is InChI=1S/C20H30N4O2/c1-3-7-17-13-24(14-18(17)22-15(2)25)19-12-16(8-9-21-19)20(26)23-10-5-4-6-11-23/h8-9,12,17-18H,3-7,10-11,13-14H2,1-2H3,(H,22,25)/t17-,18-/m0/s1. The van der Waals surface area contributed by atoms with Crippen molar-refractivity contribution in [1.29, 1.82) is 0 Å². The van der Waals surface area contributed by atoms with Gasteiger partial charge in [0.05, 0.1) is 6.04 Å². The molecular weight excluding hydrogens is 328 g/mol. The van der Waals surface area contributed by atoms with Gasteiger partial charge in [-0.2, -0.15) is 0 Å². The van der Waals surface area contributed by atoms with Gasteiger partial charge in [0.25, 0.3) is 5.91 Å². The van der Waals surface area contributed by atoms with Gasteiger partial charge in [0.15, 0.2) is 0 Å². The summed E-state index contributed by atoms with van der Waals surface area (Å²) in [6.45, 7) is 7.06. The van der Waals surface area contributed by atoms with E-state index in [4.69, 9.17) is 0 Å². The summed E-state index contributed by atoms with van der Waals surface area (Å²) in [7, 11) is 0. The lowest BCUT2D eigenvalue weighted by molar-refractivity contribution is -0.119. The highest BCUT2D eigenvalue weighted by Crippen LogP contribution is 2.26. The lowest BCUT2D eigenvalue weighted by atomic mass is 9.98.